The number of aromatic nitrogens is 2. The van der Waals surface area contributed by atoms with Gasteiger partial charge in [-0.3, -0.25) is 0 Å². The highest BCUT2D eigenvalue weighted by atomic mass is 79.9. The monoisotopic (exact) mass is 466 g/mol. The molecule has 1 heterocycles. The Bertz CT molecular complexity index is 1230. The zero-order valence-corrected chi connectivity index (χ0v) is 18.0. The van der Waals surface area contributed by atoms with E-state index in [9.17, 15) is 9.90 Å². The normalized spacial score (nSPS) is 10.9. The van der Waals surface area contributed by atoms with Crippen LogP contribution in [0, 0.1) is 6.92 Å². The number of nitrogens with zero attached hydrogens (tertiary/aromatic N) is 1. The predicted octanol–water partition coefficient (Wildman–Crippen LogP) is 5.59. The maximum atomic E-state index is 11.2. The highest BCUT2D eigenvalue weighted by molar-refractivity contribution is 9.10. The summed E-state index contributed by atoms with van der Waals surface area (Å²) in [5.41, 5.74) is 4.59. The van der Waals surface area contributed by atoms with Crippen LogP contribution in [0.2, 0.25) is 0 Å². The van der Waals surface area contributed by atoms with Crippen molar-refractivity contribution in [3.63, 3.8) is 0 Å². The van der Waals surface area contributed by atoms with Crippen LogP contribution in [-0.2, 0) is 6.61 Å². The van der Waals surface area contributed by atoms with E-state index in [1.807, 2.05) is 43.3 Å². The van der Waals surface area contributed by atoms with Crippen molar-refractivity contribution >= 4 is 32.9 Å². The first-order chi connectivity index (χ1) is 14.4. The first-order valence-electron chi connectivity index (χ1n) is 9.24. The molecule has 152 valence electrons. The third kappa shape index (κ3) is 4.02. The number of imidazole rings is 1. The fourth-order valence-electron chi connectivity index (χ4n) is 3.12. The smallest absolute Gasteiger partial charge is 0.335 e. The highest BCUT2D eigenvalue weighted by Crippen LogP contribution is 2.40. The van der Waals surface area contributed by atoms with E-state index in [1.54, 1.807) is 19.2 Å². The van der Waals surface area contributed by atoms with Gasteiger partial charge in [0.2, 0.25) is 0 Å². The average Bonchev–Trinajstić information content (AvgIpc) is 3.17. The lowest BCUT2D eigenvalue weighted by atomic mass is 10.1. The number of carboxylic acid groups (broad SMARTS) is 1. The summed E-state index contributed by atoms with van der Waals surface area (Å²) >= 11 is 3.57. The van der Waals surface area contributed by atoms with Gasteiger partial charge in [0.05, 0.1) is 28.2 Å². The summed E-state index contributed by atoms with van der Waals surface area (Å²) in [5, 5.41) is 9.18. The molecule has 0 saturated carbocycles. The minimum Gasteiger partial charge on any atom is -0.493 e. The van der Waals surface area contributed by atoms with E-state index in [4.69, 9.17) is 9.47 Å². The molecule has 3 aromatic carbocycles. The number of fused-ring (bicyclic) bond motifs is 1. The van der Waals surface area contributed by atoms with Crippen molar-refractivity contribution in [2.24, 2.45) is 0 Å². The number of aromatic carboxylic acids is 1. The van der Waals surface area contributed by atoms with Crippen molar-refractivity contribution in [2.45, 2.75) is 13.5 Å². The van der Waals surface area contributed by atoms with Crippen molar-refractivity contribution in [3.8, 4) is 22.9 Å². The summed E-state index contributed by atoms with van der Waals surface area (Å²) in [6.45, 7) is 2.46. The van der Waals surface area contributed by atoms with Crippen LogP contribution in [0.1, 0.15) is 21.5 Å². The van der Waals surface area contributed by atoms with Crippen molar-refractivity contribution in [2.75, 3.05) is 7.11 Å². The third-order valence-corrected chi connectivity index (χ3v) is 5.32. The van der Waals surface area contributed by atoms with E-state index in [1.165, 1.54) is 11.6 Å². The van der Waals surface area contributed by atoms with Crippen molar-refractivity contribution in [3.05, 3.63) is 75.8 Å². The Balaban J connectivity index is 1.65. The van der Waals surface area contributed by atoms with Crippen LogP contribution < -0.4 is 9.47 Å². The first-order valence-corrected chi connectivity index (χ1v) is 10.0. The van der Waals surface area contributed by atoms with E-state index in [0.717, 1.165) is 15.6 Å². The molecule has 0 atom stereocenters. The van der Waals surface area contributed by atoms with Gasteiger partial charge in [-0.25, -0.2) is 9.78 Å². The van der Waals surface area contributed by atoms with Gasteiger partial charge in [-0.2, -0.15) is 0 Å². The molecule has 0 saturated heterocycles. The second-order valence-electron chi connectivity index (χ2n) is 6.89. The largest absolute Gasteiger partial charge is 0.493 e. The molecule has 0 radical (unpaired) electrons. The summed E-state index contributed by atoms with van der Waals surface area (Å²) < 4.78 is 12.3. The molecular weight excluding hydrogens is 448 g/mol. The Morgan fingerprint density at radius 2 is 1.90 bits per heavy atom. The quantitative estimate of drug-likeness (QED) is 0.387. The van der Waals surface area contributed by atoms with Gasteiger partial charge in [-0.1, -0.05) is 29.8 Å². The number of halogens is 1. The Hall–Kier alpha value is -3.32. The molecule has 0 unspecified atom stereocenters. The number of benzene rings is 3. The number of aryl methyl sites for hydroxylation is 1. The topological polar surface area (TPSA) is 84.4 Å². The SMILES string of the molecule is COc1cc(-c2nc3ccc(C(=O)O)cc3[nH]2)cc(Br)c1OCc1ccc(C)cc1. The molecule has 7 heteroatoms. The number of H-pyrrole nitrogens is 1. The number of aromatic amines is 1. The number of carbonyl (C=O) groups is 1. The molecule has 0 fully saturated rings. The van der Waals surface area contributed by atoms with Crippen LogP contribution in [0.5, 0.6) is 11.5 Å². The summed E-state index contributed by atoms with van der Waals surface area (Å²) in [5.74, 6) is 0.799. The second-order valence-corrected chi connectivity index (χ2v) is 7.74. The zero-order chi connectivity index (χ0) is 21.3. The Labute approximate surface area is 181 Å². The predicted molar refractivity (Wildman–Crippen MR) is 118 cm³/mol. The van der Waals surface area contributed by atoms with Crippen molar-refractivity contribution in [1.82, 2.24) is 9.97 Å². The maximum Gasteiger partial charge on any atom is 0.335 e. The second kappa shape index (κ2) is 8.20. The van der Waals surface area contributed by atoms with Crippen LogP contribution in [0.3, 0.4) is 0 Å². The molecule has 0 aliphatic heterocycles. The van der Waals surface area contributed by atoms with Gasteiger partial charge >= 0.3 is 5.97 Å². The molecule has 0 spiro atoms. The van der Waals surface area contributed by atoms with E-state index < -0.39 is 5.97 Å². The number of rotatable bonds is 6. The molecule has 0 amide bonds. The minimum absolute atomic E-state index is 0.205. The van der Waals surface area contributed by atoms with Gasteiger partial charge < -0.3 is 19.6 Å². The lowest BCUT2D eigenvalue weighted by Crippen LogP contribution is -1.99. The number of nitrogens with one attached hydrogen (secondary N) is 1. The number of ether oxygens (including phenoxy) is 2. The lowest BCUT2D eigenvalue weighted by Gasteiger charge is -2.14. The third-order valence-electron chi connectivity index (χ3n) is 4.74. The van der Waals surface area contributed by atoms with E-state index in [2.05, 4.69) is 25.9 Å². The van der Waals surface area contributed by atoms with Gasteiger partial charge in [0.25, 0.3) is 0 Å². The van der Waals surface area contributed by atoms with Crippen LogP contribution in [0.15, 0.2) is 59.1 Å². The molecule has 0 aliphatic carbocycles. The highest BCUT2D eigenvalue weighted by Gasteiger charge is 2.16. The molecule has 4 rings (SSSR count). The standard InChI is InChI=1S/C23H19BrN2O4/c1-13-3-5-14(6-4-13)12-30-21-17(24)9-16(11-20(21)29-2)22-25-18-8-7-15(23(27)28)10-19(18)26-22/h3-11H,12H2,1-2H3,(H,25,26)(H,27,28). The van der Waals surface area contributed by atoms with Crippen molar-refractivity contribution < 1.29 is 19.4 Å². The number of hydrogen-bond donors (Lipinski definition) is 2. The van der Waals surface area contributed by atoms with Gasteiger partial charge in [-0.15, -0.1) is 0 Å². The lowest BCUT2D eigenvalue weighted by molar-refractivity contribution is 0.0697. The summed E-state index contributed by atoms with van der Waals surface area (Å²) in [4.78, 5) is 18.9. The van der Waals surface area contributed by atoms with Gasteiger partial charge in [0.1, 0.15) is 12.4 Å². The van der Waals surface area contributed by atoms with Crippen molar-refractivity contribution in [1.29, 1.82) is 0 Å². The van der Waals surface area contributed by atoms with Gasteiger partial charge in [0, 0.05) is 5.56 Å². The van der Waals surface area contributed by atoms with E-state index in [-0.39, 0.29) is 5.56 Å². The Morgan fingerprint density at radius 3 is 2.60 bits per heavy atom. The summed E-state index contributed by atoms with van der Waals surface area (Å²) in [6, 6.07) is 16.7. The van der Waals surface area contributed by atoms with Crippen LogP contribution in [0.4, 0.5) is 0 Å². The average molecular weight is 467 g/mol. The van der Waals surface area contributed by atoms with Crippen LogP contribution in [-0.4, -0.2) is 28.2 Å². The fourth-order valence-corrected chi connectivity index (χ4v) is 3.67. The van der Waals surface area contributed by atoms with Gasteiger partial charge in [-0.05, 0) is 58.7 Å². The van der Waals surface area contributed by atoms with Gasteiger partial charge in [0.15, 0.2) is 11.5 Å². The van der Waals surface area contributed by atoms with Crippen LogP contribution >= 0.6 is 15.9 Å². The number of hydrogen-bond acceptors (Lipinski definition) is 4. The number of carboxylic acids is 1. The van der Waals surface area contributed by atoms with E-state index in [0.29, 0.717) is 35.0 Å². The molecule has 0 bridgehead atoms. The van der Waals surface area contributed by atoms with Crippen LogP contribution in [0.25, 0.3) is 22.4 Å². The minimum atomic E-state index is -0.979. The molecule has 0 aliphatic rings. The Morgan fingerprint density at radius 1 is 1.13 bits per heavy atom. The summed E-state index contributed by atoms with van der Waals surface area (Å²) in [6.07, 6.45) is 0. The molecule has 1 aromatic heterocycles. The maximum absolute atomic E-state index is 11.2. The zero-order valence-electron chi connectivity index (χ0n) is 16.4. The number of methoxy groups -OCH3 is 1. The van der Waals surface area contributed by atoms with E-state index >= 15 is 0 Å². The fraction of sp³-hybridized carbons (Fsp3) is 0.130. The Kier molecular flexibility index (Phi) is 5.46. The molecule has 2 N–H and O–H groups in total. The summed E-state index contributed by atoms with van der Waals surface area (Å²) in [7, 11) is 1.59. The molecule has 4 aromatic rings. The first kappa shape index (κ1) is 20.0. The molecular formula is C23H19BrN2O4. The molecule has 6 nitrogen and oxygen atoms in total. The molecule has 30 heavy (non-hydrogen) atoms.